The maximum atomic E-state index is 13.1. The van der Waals surface area contributed by atoms with Gasteiger partial charge in [-0.25, -0.2) is 24.6 Å². The lowest BCUT2D eigenvalue weighted by Crippen LogP contribution is -2.13. The molecule has 7 aromatic rings. The lowest BCUT2D eigenvalue weighted by Gasteiger charge is -2.11. The highest BCUT2D eigenvalue weighted by molar-refractivity contribution is 6.03. The number of carbonyl (C=O) groups is 1. The molecule has 0 radical (unpaired) electrons. The molecule has 0 aliphatic rings. The summed E-state index contributed by atoms with van der Waals surface area (Å²) in [5.74, 6) is 0.940. The third-order valence-electron chi connectivity index (χ3n) is 7.41. The third-order valence-corrected chi connectivity index (χ3v) is 7.41. The fourth-order valence-electron chi connectivity index (χ4n) is 5.25. The molecule has 2 aromatic carbocycles. The number of aryl methyl sites for hydroxylation is 1. The fourth-order valence-corrected chi connectivity index (χ4v) is 5.25. The topological polar surface area (TPSA) is 159 Å². The molecule has 12 nitrogen and oxygen atoms in total. The van der Waals surface area contributed by atoms with Crippen LogP contribution in [0.2, 0.25) is 0 Å². The zero-order valence-electron chi connectivity index (χ0n) is 24.6. The number of nitrogens with one attached hydrogen (secondary N) is 1. The summed E-state index contributed by atoms with van der Waals surface area (Å²) in [4.78, 5) is 42.6. The molecule has 46 heavy (non-hydrogen) atoms. The van der Waals surface area contributed by atoms with E-state index in [0.29, 0.717) is 56.8 Å². The van der Waals surface area contributed by atoms with Gasteiger partial charge in [0.05, 0.1) is 40.2 Å². The Morgan fingerprint density at radius 1 is 0.891 bits per heavy atom. The van der Waals surface area contributed by atoms with Gasteiger partial charge in [0.1, 0.15) is 23.7 Å². The second-order valence-electron chi connectivity index (χ2n) is 10.5. The molecule has 224 valence electrons. The number of imidazole rings is 1. The van der Waals surface area contributed by atoms with Gasteiger partial charge in [-0.2, -0.15) is 10.0 Å². The van der Waals surface area contributed by atoms with Gasteiger partial charge >= 0.3 is 0 Å². The van der Waals surface area contributed by atoms with Gasteiger partial charge in [0.25, 0.3) is 5.91 Å². The van der Waals surface area contributed by atoms with Crippen LogP contribution in [-0.2, 0) is 6.54 Å². The molecule has 0 bridgehead atoms. The van der Waals surface area contributed by atoms with Gasteiger partial charge in [-0.15, -0.1) is 0 Å². The van der Waals surface area contributed by atoms with Crippen molar-refractivity contribution < 1.29 is 4.79 Å². The first-order valence-corrected chi connectivity index (χ1v) is 14.4. The Bertz CT molecular complexity index is 2210. The van der Waals surface area contributed by atoms with Crippen molar-refractivity contribution in [1.82, 2.24) is 34.3 Å². The first-order chi connectivity index (χ1) is 22.5. The number of benzene rings is 2. The van der Waals surface area contributed by atoms with E-state index in [2.05, 4.69) is 25.6 Å². The zero-order valence-corrected chi connectivity index (χ0v) is 24.6. The number of hydrogen-bond acceptors (Lipinski definition) is 9. The Kier molecular flexibility index (Phi) is 7.27. The Balaban J connectivity index is 1.19. The second kappa shape index (κ2) is 11.8. The molecular weight excluding hydrogens is 580 g/mol. The van der Waals surface area contributed by atoms with E-state index in [4.69, 9.17) is 15.7 Å². The number of anilines is 2. The molecule has 0 unspecified atom stereocenters. The van der Waals surface area contributed by atoms with Crippen molar-refractivity contribution in [1.29, 1.82) is 0 Å². The van der Waals surface area contributed by atoms with Crippen LogP contribution in [0.1, 0.15) is 21.7 Å². The van der Waals surface area contributed by atoms with Gasteiger partial charge in [0.2, 0.25) is 0 Å². The lowest BCUT2D eigenvalue weighted by atomic mass is 10.1. The highest BCUT2D eigenvalue weighted by atomic mass is 16.3. The lowest BCUT2D eigenvalue weighted by molar-refractivity contribution is 0.102. The van der Waals surface area contributed by atoms with Crippen molar-refractivity contribution in [2.24, 2.45) is 5.18 Å². The summed E-state index contributed by atoms with van der Waals surface area (Å²) in [6.07, 6.45) is 3.28. The van der Waals surface area contributed by atoms with Crippen LogP contribution >= 0.6 is 0 Å². The second-order valence-corrected chi connectivity index (χ2v) is 10.5. The van der Waals surface area contributed by atoms with Crippen molar-refractivity contribution in [3.63, 3.8) is 0 Å². The number of rotatable bonds is 8. The van der Waals surface area contributed by atoms with E-state index in [1.54, 1.807) is 59.5 Å². The summed E-state index contributed by atoms with van der Waals surface area (Å²) < 4.78 is 3.53. The minimum atomic E-state index is -0.329. The molecular formula is C34H26N10O2. The van der Waals surface area contributed by atoms with E-state index in [0.717, 1.165) is 17.0 Å². The molecule has 5 heterocycles. The molecule has 0 spiro atoms. The normalized spacial score (nSPS) is 11.1. The molecule has 5 aromatic heterocycles. The molecule has 0 saturated heterocycles. The standard InChI is InChI=1S/C34H26N10O2/c1-21-18-26(20-38-46)44(42-21)24-11-9-23(10-12-24)34(45)41-30-16-13-25(19-37-30)43-32(27-8-5-17-36-31(27)35)40-29-15-14-28(39-33(29)43)22-6-3-2-4-7-22/h2-19H,20H2,1H3,(H2,35,36)(H,37,41,45). The van der Waals surface area contributed by atoms with E-state index >= 15 is 0 Å². The van der Waals surface area contributed by atoms with Gasteiger partial charge in [-0.1, -0.05) is 35.5 Å². The average molecular weight is 607 g/mol. The first kappa shape index (κ1) is 28.2. The average Bonchev–Trinajstić information content (AvgIpc) is 3.65. The van der Waals surface area contributed by atoms with E-state index < -0.39 is 0 Å². The summed E-state index contributed by atoms with van der Waals surface area (Å²) in [5.41, 5.74) is 13.3. The number of amides is 1. The van der Waals surface area contributed by atoms with Crippen LogP contribution in [0.3, 0.4) is 0 Å². The number of nitroso groups, excluding NO2 is 1. The highest BCUT2D eigenvalue weighted by Crippen LogP contribution is 2.31. The summed E-state index contributed by atoms with van der Waals surface area (Å²) in [5, 5.41) is 10.3. The van der Waals surface area contributed by atoms with Crippen LogP contribution in [-0.4, -0.2) is 40.2 Å². The summed E-state index contributed by atoms with van der Waals surface area (Å²) in [7, 11) is 0. The Morgan fingerprint density at radius 3 is 2.43 bits per heavy atom. The number of nitrogens with zero attached hydrogens (tertiary/aromatic N) is 8. The van der Waals surface area contributed by atoms with Crippen molar-refractivity contribution in [3.05, 3.63) is 131 Å². The minimum absolute atomic E-state index is 0.000969. The highest BCUT2D eigenvalue weighted by Gasteiger charge is 2.19. The van der Waals surface area contributed by atoms with Gasteiger partial charge in [-0.3, -0.25) is 9.36 Å². The van der Waals surface area contributed by atoms with E-state index in [1.807, 2.05) is 66.1 Å². The zero-order chi connectivity index (χ0) is 31.6. The van der Waals surface area contributed by atoms with Crippen LogP contribution < -0.4 is 11.1 Å². The molecule has 0 fully saturated rings. The number of aromatic nitrogens is 7. The molecule has 12 heteroatoms. The monoisotopic (exact) mass is 606 g/mol. The van der Waals surface area contributed by atoms with Gasteiger partial charge in [0, 0.05) is 17.3 Å². The quantitative estimate of drug-likeness (QED) is 0.195. The van der Waals surface area contributed by atoms with E-state index in [1.165, 1.54) is 0 Å². The number of nitrogen functional groups attached to an aromatic ring is 1. The number of fused-ring (bicyclic) bond motifs is 1. The van der Waals surface area contributed by atoms with E-state index in [9.17, 15) is 9.70 Å². The van der Waals surface area contributed by atoms with Crippen LogP contribution in [0.5, 0.6) is 0 Å². The van der Waals surface area contributed by atoms with Crippen LogP contribution in [0.25, 0.3) is 45.2 Å². The number of pyridine rings is 3. The number of hydrogen-bond donors (Lipinski definition) is 2. The summed E-state index contributed by atoms with van der Waals surface area (Å²) >= 11 is 0. The predicted octanol–water partition coefficient (Wildman–Crippen LogP) is 6.14. The molecule has 1 amide bonds. The van der Waals surface area contributed by atoms with Crippen molar-refractivity contribution in [2.75, 3.05) is 11.1 Å². The number of carbonyl (C=O) groups excluding carboxylic acids is 1. The van der Waals surface area contributed by atoms with Crippen molar-refractivity contribution >= 4 is 28.7 Å². The molecule has 0 saturated carbocycles. The van der Waals surface area contributed by atoms with Crippen LogP contribution in [0, 0.1) is 11.8 Å². The minimum Gasteiger partial charge on any atom is -0.383 e. The maximum Gasteiger partial charge on any atom is 0.256 e. The Morgan fingerprint density at radius 2 is 1.70 bits per heavy atom. The van der Waals surface area contributed by atoms with Gasteiger partial charge in [-0.05, 0) is 73.7 Å². The third kappa shape index (κ3) is 5.35. The van der Waals surface area contributed by atoms with Crippen molar-refractivity contribution in [3.8, 4) is 34.0 Å². The summed E-state index contributed by atoms with van der Waals surface area (Å²) in [6, 6.07) is 29.7. The van der Waals surface area contributed by atoms with Gasteiger partial charge in [0.15, 0.2) is 11.5 Å². The molecule has 0 atom stereocenters. The maximum absolute atomic E-state index is 13.1. The molecule has 7 rings (SSSR count). The SMILES string of the molecule is Cc1cc(CN=O)n(-c2ccc(C(=O)Nc3ccc(-n4c(-c5cccnc5N)nc5ccc(-c6ccccc6)nc54)cn3)cc2)n1. The largest absolute Gasteiger partial charge is 0.383 e. The van der Waals surface area contributed by atoms with Crippen LogP contribution in [0.15, 0.2) is 115 Å². The van der Waals surface area contributed by atoms with Crippen molar-refractivity contribution in [2.45, 2.75) is 13.5 Å². The van der Waals surface area contributed by atoms with Gasteiger partial charge < -0.3 is 11.1 Å². The fraction of sp³-hybridized carbons (Fsp3) is 0.0588. The molecule has 0 aliphatic carbocycles. The summed E-state index contributed by atoms with van der Waals surface area (Å²) in [6.45, 7) is 1.84. The predicted molar refractivity (Wildman–Crippen MR) is 175 cm³/mol. The molecule has 3 N–H and O–H groups in total. The van der Waals surface area contributed by atoms with E-state index in [-0.39, 0.29) is 12.5 Å². The first-order valence-electron chi connectivity index (χ1n) is 14.4. The smallest absolute Gasteiger partial charge is 0.256 e. The molecule has 0 aliphatic heterocycles. The Labute approximate surface area is 262 Å². The number of nitrogens with two attached hydrogens (primary N) is 1. The van der Waals surface area contributed by atoms with Crippen LogP contribution in [0.4, 0.5) is 11.6 Å². The Hall–Kier alpha value is -6.56.